The first-order valence-electron chi connectivity index (χ1n) is 11.7. The number of alkyl carbamates (subject to hydrolysis) is 1. The summed E-state index contributed by atoms with van der Waals surface area (Å²) in [5.41, 5.74) is 0.677. The smallest absolute Gasteiger partial charge is 0.432 e. The van der Waals surface area contributed by atoms with Crippen LogP contribution in [0.4, 0.5) is 9.59 Å². The lowest BCUT2D eigenvalue weighted by molar-refractivity contribution is -0.123. The summed E-state index contributed by atoms with van der Waals surface area (Å²) in [6.45, 7) is 1.22. The number of nitrogens with zero attached hydrogens (tertiary/aromatic N) is 1. The molecule has 1 aromatic rings. The van der Waals surface area contributed by atoms with Crippen molar-refractivity contribution in [1.29, 1.82) is 0 Å². The highest BCUT2D eigenvalue weighted by Gasteiger charge is 2.67. The largest absolute Gasteiger partial charge is 0.449 e. The van der Waals surface area contributed by atoms with Gasteiger partial charge in [0.1, 0.15) is 23.7 Å². The summed E-state index contributed by atoms with van der Waals surface area (Å²) in [5, 5.41) is 2.05. The molecule has 9 nitrogen and oxygen atoms in total. The molecule has 1 N–H and O–H groups in total. The van der Waals surface area contributed by atoms with Gasteiger partial charge in [0.05, 0.1) is 6.61 Å². The minimum atomic E-state index is -0.940. The van der Waals surface area contributed by atoms with Crippen LogP contribution in [0.1, 0.15) is 51.0 Å². The number of epoxide rings is 1. The summed E-state index contributed by atoms with van der Waals surface area (Å²) in [4.78, 5) is 46.7. The molecule has 1 aromatic carbocycles. The van der Waals surface area contributed by atoms with E-state index in [9.17, 15) is 19.2 Å². The van der Waals surface area contributed by atoms with Crippen molar-refractivity contribution >= 4 is 47.4 Å². The van der Waals surface area contributed by atoms with Crippen molar-refractivity contribution in [3.8, 4) is 0 Å². The maximum atomic E-state index is 12.2. The first-order valence-corrected chi connectivity index (χ1v) is 12.6. The zero-order valence-electron chi connectivity index (χ0n) is 19.5. The predicted octanol–water partition coefficient (Wildman–Crippen LogP) is 4.34. The van der Waals surface area contributed by atoms with E-state index in [0.29, 0.717) is 23.7 Å². The fourth-order valence-corrected chi connectivity index (χ4v) is 4.76. The number of rotatable bonds is 10. The minimum absolute atomic E-state index is 0.0532. The van der Waals surface area contributed by atoms with Crippen LogP contribution in [0.3, 0.4) is 0 Å². The average molecular weight is 529 g/mol. The van der Waals surface area contributed by atoms with Crippen molar-refractivity contribution in [2.75, 3.05) is 12.5 Å². The molecule has 192 valence electrons. The van der Waals surface area contributed by atoms with Crippen molar-refractivity contribution in [3.63, 3.8) is 0 Å². The van der Waals surface area contributed by atoms with Crippen LogP contribution in [-0.4, -0.2) is 58.7 Å². The summed E-state index contributed by atoms with van der Waals surface area (Å²) in [6, 6.07) is 10.3. The Labute approximate surface area is 214 Å². The van der Waals surface area contributed by atoms with Gasteiger partial charge in [-0.15, -0.1) is 11.6 Å². The highest BCUT2D eigenvalue weighted by Crippen LogP contribution is 2.55. The Morgan fingerprint density at radius 2 is 1.89 bits per heavy atom. The van der Waals surface area contributed by atoms with Gasteiger partial charge in [-0.1, -0.05) is 43.2 Å². The lowest BCUT2D eigenvalue weighted by Gasteiger charge is -2.31. The number of hydrogen-bond acceptors (Lipinski definition) is 7. The first-order chi connectivity index (χ1) is 16.8. The molecule has 3 rings (SSSR count). The Hall–Kier alpha value is -2.36. The van der Waals surface area contributed by atoms with E-state index in [2.05, 4.69) is 12.1 Å². The second kappa shape index (κ2) is 12.6. The molecule has 11 heteroatoms. The molecule has 0 spiro atoms. The third-order valence-electron chi connectivity index (χ3n) is 6.44. The van der Waals surface area contributed by atoms with Gasteiger partial charge in [-0.3, -0.25) is 14.9 Å². The maximum absolute atomic E-state index is 12.2. The Balaban J connectivity index is 1.56. The van der Waals surface area contributed by atoms with Crippen LogP contribution in [-0.2, 0) is 30.2 Å². The second-order valence-electron chi connectivity index (χ2n) is 8.82. The van der Waals surface area contributed by atoms with Crippen molar-refractivity contribution in [1.82, 2.24) is 9.74 Å². The van der Waals surface area contributed by atoms with Crippen LogP contribution in [0, 0.1) is 5.92 Å². The van der Waals surface area contributed by atoms with Crippen molar-refractivity contribution in [2.24, 2.45) is 5.92 Å². The molecule has 0 aromatic heterocycles. The number of unbranched alkanes of at least 4 members (excludes halogenated alkanes) is 2. The molecule has 4 atom stereocenters. The number of carbonyl (C=O) groups is 4. The molecule has 2 unspecified atom stereocenters. The molecular weight excluding hydrogens is 499 g/mol. The number of carbonyl (C=O) groups excluding carboxylic acids is 4. The van der Waals surface area contributed by atoms with Crippen LogP contribution >= 0.6 is 23.4 Å². The van der Waals surface area contributed by atoms with Crippen molar-refractivity contribution < 1.29 is 33.4 Å². The fourth-order valence-electron chi connectivity index (χ4n) is 4.65. The number of fused-ring (bicyclic) bond motifs is 1. The molecule has 2 fully saturated rings. The number of amides is 4. The van der Waals surface area contributed by atoms with Gasteiger partial charge in [0.15, 0.2) is 0 Å². The quantitative estimate of drug-likeness (QED) is 0.208. The van der Waals surface area contributed by atoms with Gasteiger partial charge in [0.25, 0.3) is 0 Å². The first kappa shape index (κ1) is 27.2. The third-order valence-corrected chi connectivity index (χ3v) is 7.06. The Morgan fingerprint density at radius 1 is 1.14 bits per heavy atom. The van der Waals surface area contributed by atoms with Gasteiger partial charge >= 0.3 is 12.2 Å². The van der Waals surface area contributed by atoms with Crippen LogP contribution in [0.2, 0.25) is 0 Å². The summed E-state index contributed by atoms with van der Waals surface area (Å²) >= 11 is 11.1. The van der Waals surface area contributed by atoms with E-state index in [-0.39, 0.29) is 24.5 Å². The molecule has 0 radical (unpaired) electrons. The van der Waals surface area contributed by atoms with Crippen molar-refractivity contribution in [2.45, 2.75) is 69.7 Å². The van der Waals surface area contributed by atoms with Gasteiger partial charge in [-0.05, 0) is 37.7 Å². The highest BCUT2D eigenvalue weighted by atomic mass is 35.5. The van der Waals surface area contributed by atoms with E-state index in [1.165, 1.54) is 5.56 Å². The van der Waals surface area contributed by atoms with Gasteiger partial charge in [0, 0.05) is 24.6 Å². The number of hydrogen-bond donors (Lipinski definition) is 1. The number of alkyl halides is 1. The molecule has 4 amide bonds. The van der Waals surface area contributed by atoms with E-state index in [1.54, 1.807) is 0 Å². The van der Waals surface area contributed by atoms with Crippen molar-refractivity contribution in [3.05, 3.63) is 35.9 Å². The summed E-state index contributed by atoms with van der Waals surface area (Å²) in [5.74, 6) is -1.76. The van der Waals surface area contributed by atoms with Crippen LogP contribution < -0.4 is 5.32 Å². The molecule has 1 saturated carbocycles. The topological polar surface area (TPSA) is 115 Å². The fraction of sp³-hybridized carbons (Fsp3) is 0.583. The van der Waals surface area contributed by atoms with Gasteiger partial charge < -0.3 is 14.2 Å². The molecule has 35 heavy (non-hydrogen) atoms. The molecule has 1 aliphatic heterocycles. The van der Waals surface area contributed by atoms with Crippen LogP contribution in [0.25, 0.3) is 0 Å². The van der Waals surface area contributed by atoms with Gasteiger partial charge in [-0.2, -0.15) is 4.42 Å². The molecule has 1 heterocycles. The Bertz CT molecular complexity index is 916. The number of imide groups is 2. The van der Waals surface area contributed by atoms with E-state index < -0.39 is 35.7 Å². The zero-order valence-corrected chi connectivity index (χ0v) is 21.1. The Kier molecular flexibility index (Phi) is 9.77. The summed E-state index contributed by atoms with van der Waals surface area (Å²) < 4.78 is 17.2. The second-order valence-corrected chi connectivity index (χ2v) is 9.42. The molecule has 1 aliphatic carbocycles. The van der Waals surface area contributed by atoms with Gasteiger partial charge in [-0.25, -0.2) is 9.59 Å². The maximum Gasteiger partial charge on any atom is 0.432 e. The van der Waals surface area contributed by atoms with E-state index >= 15 is 0 Å². The molecule has 2 aliphatic rings. The monoisotopic (exact) mass is 528 g/mol. The third kappa shape index (κ3) is 7.32. The van der Waals surface area contributed by atoms with E-state index in [4.69, 9.17) is 37.6 Å². The zero-order chi connectivity index (χ0) is 25.4. The average Bonchev–Trinajstić information content (AvgIpc) is 3.59. The minimum Gasteiger partial charge on any atom is -0.449 e. The molecule has 0 bridgehead atoms. The number of nitrogens with one attached hydrogen (secondary N) is 1. The standard InChI is InChI=1S/C24H30Cl2N2O7/c1-16(29)28(26)23(32)34-19-12-11-18(15-33-22(31)27-20(30)14-25)24(21(19)35-24)13-7-3-6-10-17-8-4-2-5-9-17/h2,4-5,8-9,18-19,21H,3,6-7,10-15H2,1H3,(H,27,30,31)/t18-,19-,21?,24?/m0/s1. The SMILES string of the molecule is CC(=O)N(Cl)C(=O)O[C@H]1CC[C@@H](COC(=O)NC(=O)CCl)C2(CCCCCc3ccccc3)OC12. The van der Waals surface area contributed by atoms with E-state index in [1.807, 2.05) is 23.5 Å². The number of benzene rings is 1. The lowest BCUT2D eigenvalue weighted by atomic mass is 9.75. The Morgan fingerprint density at radius 3 is 2.57 bits per heavy atom. The predicted molar refractivity (Wildman–Crippen MR) is 128 cm³/mol. The van der Waals surface area contributed by atoms with Crippen LogP contribution in [0.15, 0.2) is 30.3 Å². The summed E-state index contributed by atoms with van der Waals surface area (Å²) in [7, 11) is 0. The highest BCUT2D eigenvalue weighted by molar-refractivity contribution is 6.28. The number of aryl methyl sites for hydroxylation is 1. The molecule has 1 saturated heterocycles. The summed E-state index contributed by atoms with van der Waals surface area (Å²) in [6.07, 6.45) is 2.86. The number of ether oxygens (including phenoxy) is 3. The van der Waals surface area contributed by atoms with E-state index in [0.717, 1.165) is 32.6 Å². The van der Waals surface area contributed by atoms with Gasteiger partial charge in [0.2, 0.25) is 11.8 Å². The lowest BCUT2D eigenvalue weighted by Crippen LogP contribution is -2.44. The number of halogens is 2. The normalized spacial score (nSPS) is 24.6. The molecular formula is C24H30Cl2N2O7. The van der Waals surface area contributed by atoms with Crippen LogP contribution in [0.5, 0.6) is 0 Å².